The Bertz CT molecular complexity index is 690. The number of carbonyl (C=O) groups excluding carboxylic acids is 1. The van der Waals surface area contributed by atoms with Crippen molar-refractivity contribution < 1.29 is 14.3 Å². The first kappa shape index (κ1) is 16.9. The molecule has 4 atom stereocenters. The van der Waals surface area contributed by atoms with Gasteiger partial charge in [-0.15, -0.1) is 0 Å². The van der Waals surface area contributed by atoms with Gasteiger partial charge in [0.1, 0.15) is 5.75 Å². The maximum absolute atomic E-state index is 13.1. The molecule has 4 rings (SSSR count). The number of aryl methyl sites for hydroxylation is 1. The van der Waals surface area contributed by atoms with E-state index in [1.165, 1.54) is 0 Å². The SMILES string of the molecule is COc1ccc(C(=O)N2C[C@@H]3[C@H](CN(C)C)[C@H]4CC[C@]3(C2)O4)c(C)c1. The van der Waals surface area contributed by atoms with Crippen LogP contribution in [0.2, 0.25) is 0 Å². The lowest BCUT2D eigenvalue weighted by Gasteiger charge is -2.30. The van der Waals surface area contributed by atoms with Gasteiger partial charge < -0.3 is 19.3 Å². The van der Waals surface area contributed by atoms with E-state index in [2.05, 4.69) is 19.0 Å². The third-order valence-electron chi connectivity index (χ3n) is 6.31. The van der Waals surface area contributed by atoms with Crippen LogP contribution in [0, 0.1) is 18.8 Å². The number of nitrogens with zero attached hydrogens (tertiary/aromatic N) is 2. The smallest absolute Gasteiger partial charge is 0.254 e. The van der Waals surface area contributed by atoms with Crippen molar-refractivity contribution in [1.29, 1.82) is 0 Å². The molecule has 136 valence electrons. The molecule has 3 aliphatic heterocycles. The summed E-state index contributed by atoms with van der Waals surface area (Å²) in [6, 6.07) is 5.68. The monoisotopic (exact) mass is 344 g/mol. The number of methoxy groups -OCH3 is 1. The summed E-state index contributed by atoms with van der Waals surface area (Å²) in [4.78, 5) is 17.4. The van der Waals surface area contributed by atoms with Crippen molar-refractivity contribution in [2.75, 3.05) is 40.8 Å². The number of benzene rings is 1. The van der Waals surface area contributed by atoms with E-state index in [0.717, 1.165) is 49.4 Å². The number of fused-ring (bicyclic) bond motifs is 1. The van der Waals surface area contributed by atoms with Gasteiger partial charge in [-0.05, 0) is 57.6 Å². The van der Waals surface area contributed by atoms with E-state index in [9.17, 15) is 4.79 Å². The Labute approximate surface area is 149 Å². The van der Waals surface area contributed by atoms with Crippen LogP contribution >= 0.6 is 0 Å². The molecule has 5 heteroatoms. The van der Waals surface area contributed by atoms with Gasteiger partial charge in [-0.2, -0.15) is 0 Å². The summed E-state index contributed by atoms with van der Waals surface area (Å²) in [7, 11) is 5.89. The highest BCUT2D eigenvalue weighted by Gasteiger charge is 2.63. The van der Waals surface area contributed by atoms with Gasteiger partial charge in [-0.3, -0.25) is 4.79 Å². The number of hydrogen-bond donors (Lipinski definition) is 0. The number of amides is 1. The predicted octanol–water partition coefficient (Wildman–Crippen LogP) is 2.18. The second kappa shape index (κ2) is 5.99. The predicted molar refractivity (Wildman–Crippen MR) is 96.0 cm³/mol. The van der Waals surface area contributed by atoms with Crippen molar-refractivity contribution >= 4 is 5.91 Å². The zero-order valence-corrected chi connectivity index (χ0v) is 15.6. The molecule has 0 saturated carbocycles. The molecule has 0 radical (unpaired) electrons. The lowest BCUT2D eigenvalue weighted by molar-refractivity contribution is 0.00255. The summed E-state index contributed by atoms with van der Waals surface area (Å²) < 4.78 is 11.7. The Kier molecular flexibility index (Phi) is 4.04. The zero-order chi connectivity index (χ0) is 17.8. The second-order valence-corrected chi connectivity index (χ2v) is 8.16. The topological polar surface area (TPSA) is 42.0 Å². The van der Waals surface area contributed by atoms with Gasteiger partial charge in [0, 0.05) is 30.5 Å². The Morgan fingerprint density at radius 2 is 2.24 bits per heavy atom. The molecule has 3 heterocycles. The van der Waals surface area contributed by atoms with Gasteiger partial charge in [-0.1, -0.05) is 0 Å². The van der Waals surface area contributed by atoms with Gasteiger partial charge in [0.05, 0.1) is 25.4 Å². The van der Waals surface area contributed by atoms with E-state index in [0.29, 0.717) is 17.9 Å². The van der Waals surface area contributed by atoms with Crippen LogP contribution < -0.4 is 4.74 Å². The summed E-state index contributed by atoms with van der Waals surface area (Å²) in [5.41, 5.74) is 1.64. The Morgan fingerprint density at radius 1 is 1.44 bits per heavy atom. The summed E-state index contributed by atoms with van der Waals surface area (Å²) in [5.74, 6) is 1.92. The molecule has 3 saturated heterocycles. The second-order valence-electron chi connectivity index (χ2n) is 8.16. The molecule has 0 N–H and O–H groups in total. The van der Waals surface area contributed by atoms with E-state index in [-0.39, 0.29) is 11.5 Å². The standard InChI is InChI=1S/C20H28N2O3/c1-13-9-14(24-4)5-6-15(13)19(23)22-11-17-16(10-21(2)3)18-7-8-20(17,12-22)25-18/h5-6,9,16-18H,7-8,10-12H2,1-4H3/t16-,17+,18+,20+/m0/s1. The minimum absolute atomic E-state index is 0.0959. The molecular formula is C20H28N2O3. The summed E-state index contributed by atoms with van der Waals surface area (Å²) >= 11 is 0. The van der Waals surface area contributed by atoms with Gasteiger partial charge in [0.2, 0.25) is 0 Å². The number of hydrogen-bond acceptors (Lipinski definition) is 4. The Balaban J connectivity index is 1.55. The molecule has 2 bridgehead atoms. The molecule has 25 heavy (non-hydrogen) atoms. The molecule has 3 fully saturated rings. The largest absolute Gasteiger partial charge is 0.497 e. The van der Waals surface area contributed by atoms with Gasteiger partial charge in [0.15, 0.2) is 0 Å². The van der Waals surface area contributed by atoms with Crippen molar-refractivity contribution in [3.8, 4) is 5.75 Å². The van der Waals surface area contributed by atoms with Crippen molar-refractivity contribution in [3.63, 3.8) is 0 Å². The average Bonchev–Trinajstić information content (AvgIpc) is 3.23. The lowest BCUT2D eigenvalue weighted by Crippen LogP contribution is -2.40. The fourth-order valence-corrected chi connectivity index (χ4v) is 5.18. The van der Waals surface area contributed by atoms with Crippen LogP contribution in [0.3, 0.4) is 0 Å². The van der Waals surface area contributed by atoms with Crippen LogP contribution in [-0.4, -0.2) is 68.3 Å². The number of rotatable bonds is 4. The average molecular weight is 344 g/mol. The first-order valence-corrected chi connectivity index (χ1v) is 9.20. The maximum atomic E-state index is 13.1. The molecule has 1 spiro atoms. The molecule has 0 aliphatic carbocycles. The van der Waals surface area contributed by atoms with Crippen LogP contribution in [0.1, 0.15) is 28.8 Å². The first-order chi connectivity index (χ1) is 11.9. The summed E-state index contributed by atoms with van der Waals surface area (Å²) in [6.45, 7) is 4.57. The molecule has 5 nitrogen and oxygen atoms in total. The van der Waals surface area contributed by atoms with Crippen molar-refractivity contribution in [3.05, 3.63) is 29.3 Å². The highest BCUT2D eigenvalue weighted by molar-refractivity contribution is 5.96. The van der Waals surface area contributed by atoms with Crippen LogP contribution in [0.5, 0.6) is 5.75 Å². The lowest BCUT2D eigenvalue weighted by atomic mass is 9.73. The zero-order valence-electron chi connectivity index (χ0n) is 15.6. The van der Waals surface area contributed by atoms with Crippen molar-refractivity contribution in [2.45, 2.75) is 31.5 Å². The Hall–Kier alpha value is -1.59. The molecular weight excluding hydrogens is 316 g/mol. The third-order valence-corrected chi connectivity index (χ3v) is 6.31. The van der Waals surface area contributed by atoms with Crippen LogP contribution in [0.4, 0.5) is 0 Å². The summed E-state index contributed by atoms with van der Waals surface area (Å²) in [5, 5.41) is 0. The van der Waals surface area contributed by atoms with Crippen LogP contribution in [-0.2, 0) is 4.74 Å². The quantitative estimate of drug-likeness (QED) is 0.840. The number of ether oxygens (including phenoxy) is 2. The van der Waals surface area contributed by atoms with E-state index in [1.54, 1.807) is 7.11 Å². The highest BCUT2D eigenvalue weighted by Crippen LogP contribution is 2.55. The van der Waals surface area contributed by atoms with Gasteiger partial charge in [0.25, 0.3) is 5.91 Å². The minimum Gasteiger partial charge on any atom is -0.497 e. The minimum atomic E-state index is -0.0959. The van der Waals surface area contributed by atoms with Gasteiger partial charge >= 0.3 is 0 Å². The molecule has 1 aromatic rings. The molecule has 0 unspecified atom stereocenters. The van der Waals surface area contributed by atoms with Crippen molar-refractivity contribution in [2.24, 2.45) is 11.8 Å². The van der Waals surface area contributed by atoms with Crippen LogP contribution in [0.25, 0.3) is 0 Å². The number of carbonyl (C=O) groups is 1. The Morgan fingerprint density at radius 3 is 2.92 bits per heavy atom. The first-order valence-electron chi connectivity index (χ1n) is 9.20. The fourth-order valence-electron chi connectivity index (χ4n) is 5.18. The molecule has 1 amide bonds. The molecule has 0 aromatic heterocycles. The summed E-state index contributed by atoms with van der Waals surface area (Å²) in [6.07, 6.45) is 2.61. The van der Waals surface area contributed by atoms with E-state index in [1.807, 2.05) is 30.0 Å². The molecule has 1 aromatic carbocycles. The van der Waals surface area contributed by atoms with E-state index >= 15 is 0 Å². The number of likely N-dealkylation sites (tertiary alicyclic amines) is 1. The van der Waals surface area contributed by atoms with Gasteiger partial charge in [-0.25, -0.2) is 0 Å². The van der Waals surface area contributed by atoms with Crippen molar-refractivity contribution in [1.82, 2.24) is 9.80 Å². The molecule has 3 aliphatic rings. The third kappa shape index (κ3) is 2.64. The normalized spacial score (nSPS) is 33.2. The fraction of sp³-hybridized carbons (Fsp3) is 0.650. The van der Waals surface area contributed by atoms with Crippen LogP contribution in [0.15, 0.2) is 18.2 Å². The highest BCUT2D eigenvalue weighted by atomic mass is 16.5. The van der Waals surface area contributed by atoms with E-state index in [4.69, 9.17) is 9.47 Å². The maximum Gasteiger partial charge on any atom is 0.254 e. The van der Waals surface area contributed by atoms with E-state index < -0.39 is 0 Å².